The number of hydrogen-bond acceptors (Lipinski definition) is 2. The molecule has 1 aliphatic heterocycles. The van der Waals surface area contributed by atoms with Gasteiger partial charge in [-0.25, -0.2) is 0 Å². The number of hydrogen-bond donors (Lipinski definition) is 2. The minimum Gasteiger partial charge on any atom is -0.368 e. The Balaban J connectivity index is 2.74. The Morgan fingerprint density at radius 2 is 2.56 bits per heavy atom. The minimum absolute atomic E-state index is 0.323. The molecule has 0 saturated carbocycles. The molecule has 0 saturated heterocycles. The van der Waals surface area contributed by atoms with Gasteiger partial charge in [-0.1, -0.05) is 12.2 Å². The number of amides is 1. The van der Waals surface area contributed by atoms with Crippen LogP contribution in [0.15, 0.2) is 12.2 Å². The van der Waals surface area contributed by atoms with Crippen molar-refractivity contribution in [2.45, 2.75) is 12.5 Å². The van der Waals surface area contributed by atoms with Crippen molar-refractivity contribution in [3.63, 3.8) is 0 Å². The third-order valence-electron chi connectivity index (χ3n) is 1.55. The summed E-state index contributed by atoms with van der Waals surface area (Å²) in [4.78, 5) is 10.6. The van der Waals surface area contributed by atoms with Crippen LogP contribution >= 0.6 is 0 Å². The molecule has 1 aliphatic rings. The molecule has 9 heavy (non-hydrogen) atoms. The highest BCUT2D eigenvalue weighted by molar-refractivity contribution is 5.87. The van der Waals surface area contributed by atoms with Crippen molar-refractivity contribution in [1.29, 1.82) is 0 Å². The van der Waals surface area contributed by atoms with Crippen LogP contribution in [0.1, 0.15) is 6.92 Å². The van der Waals surface area contributed by atoms with E-state index in [4.69, 9.17) is 5.73 Å². The van der Waals surface area contributed by atoms with Gasteiger partial charge < -0.3 is 5.73 Å². The molecule has 3 nitrogen and oxygen atoms in total. The molecule has 1 heterocycles. The minimum atomic E-state index is -0.597. The summed E-state index contributed by atoms with van der Waals surface area (Å²) in [5.41, 5.74) is 4.48. The van der Waals surface area contributed by atoms with Gasteiger partial charge in [0, 0.05) is 6.54 Å². The van der Waals surface area contributed by atoms with E-state index in [0.717, 1.165) is 6.54 Å². The summed E-state index contributed by atoms with van der Waals surface area (Å²) < 4.78 is 0. The van der Waals surface area contributed by atoms with E-state index in [1.807, 2.05) is 6.08 Å². The van der Waals surface area contributed by atoms with E-state index >= 15 is 0 Å². The summed E-state index contributed by atoms with van der Waals surface area (Å²) in [5.74, 6) is -0.323. The largest absolute Gasteiger partial charge is 0.368 e. The van der Waals surface area contributed by atoms with Crippen molar-refractivity contribution >= 4 is 5.91 Å². The highest BCUT2D eigenvalue weighted by Crippen LogP contribution is 2.08. The maximum absolute atomic E-state index is 10.6. The normalized spacial score (nSPS) is 33.0. The van der Waals surface area contributed by atoms with Crippen molar-refractivity contribution in [2.75, 3.05) is 6.54 Å². The summed E-state index contributed by atoms with van der Waals surface area (Å²) in [6.07, 6.45) is 3.68. The first-order valence-electron chi connectivity index (χ1n) is 2.88. The van der Waals surface area contributed by atoms with Gasteiger partial charge in [0.1, 0.15) is 5.54 Å². The zero-order chi connectivity index (χ0) is 6.91. The molecule has 0 aromatic carbocycles. The lowest BCUT2D eigenvalue weighted by Gasteiger charge is -2.17. The smallest absolute Gasteiger partial charge is 0.241 e. The Morgan fingerprint density at radius 1 is 1.89 bits per heavy atom. The van der Waals surface area contributed by atoms with Crippen LogP contribution in [-0.4, -0.2) is 18.0 Å². The predicted molar refractivity (Wildman–Crippen MR) is 34.7 cm³/mol. The van der Waals surface area contributed by atoms with Crippen LogP contribution in [0.3, 0.4) is 0 Å². The quantitative estimate of drug-likeness (QED) is 0.460. The second-order valence-electron chi connectivity index (χ2n) is 2.35. The van der Waals surface area contributed by atoms with Crippen LogP contribution in [0, 0.1) is 0 Å². The van der Waals surface area contributed by atoms with Crippen LogP contribution in [-0.2, 0) is 4.79 Å². The van der Waals surface area contributed by atoms with E-state index in [0.29, 0.717) is 0 Å². The van der Waals surface area contributed by atoms with Crippen molar-refractivity contribution in [3.05, 3.63) is 12.2 Å². The molecule has 0 aliphatic carbocycles. The molecule has 0 fully saturated rings. The van der Waals surface area contributed by atoms with Gasteiger partial charge in [-0.05, 0) is 6.92 Å². The molecule has 1 amide bonds. The van der Waals surface area contributed by atoms with Gasteiger partial charge >= 0.3 is 0 Å². The maximum atomic E-state index is 10.6. The molecule has 3 N–H and O–H groups in total. The highest BCUT2D eigenvalue weighted by atomic mass is 16.1. The summed E-state index contributed by atoms with van der Waals surface area (Å²) in [5, 5.41) is 2.95. The standard InChI is InChI=1S/C6H10N2O/c1-6(5(7)9)3-2-4-8-6/h2-3,8H,4H2,1H3,(H2,7,9). The molecular formula is C6H10N2O. The first-order valence-corrected chi connectivity index (χ1v) is 2.88. The van der Waals surface area contributed by atoms with Gasteiger partial charge in [0.2, 0.25) is 5.91 Å². The fraction of sp³-hybridized carbons (Fsp3) is 0.500. The van der Waals surface area contributed by atoms with Gasteiger partial charge in [-0.3, -0.25) is 10.1 Å². The summed E-state index contributed by atoms with van der Waals surface area (Å²) in [7, 11) is 0. The van der Waals surface area contributed by atoms with Gasteiger partial charge in [-0.2, -0.15) is 0 Å². The number of rotatable bonds is 1. The van der Waals surface area contributed by atoms with Gasteiger partial charge in [0.05, 0.1) is 0 Å². The second-order valence-corrected chi connectivity index (χ2v) is 2.35. The van der Waals surface area contributed by atoms with Crippen LogP contribution in [0.5, 0.6) is 0 Å². The molecular weight excluding hydrogens is 116 g/mol. The van der Waals surface area contributed by atoms with Crippen LogP contribution in [0.25, 0.3) is 0 Å². The zero-order valence-electron chi connectivity index (χ0n) is 5.35. The monoisotopic (exact) mass is 126 g/mol. The third kappa shape index (κ3) is 0.954. The lowest BCUT2D eigenvalue weighted by molar-refractivity contribution is -0.121. The number of nitrogens with two attached hydrogens (primary N) is 1. The summed E-state index contributed by atoms with van der Waals surface area (Å²) >= 11 is 0. The highest BCUT2D eigenvalue weighted by Gasteiger charge is 2.29. The van der Waals surface area contributed by atoms with E-state index in [-0.39, 0.29) is 5.91 Å². The molecule has 1 unspecified atom stereocenters. The molecule has 0 spiro atoms. The van der Waals surface area contributed by atoms with E-state index in [2.05, 4.69) is 5.32 Å². The molecule has 1 atom stereocenters. The van der Waals surface area contributed by atoms with Gasteiger partial charge in [0.25, 0.3) is 0 Å². The van der Waals surface area contributed by atoms with E-state index < -0.39 is 5.54 Å². The molecule has 0 bridgehead atoms. The van der Waals surface area contributed by atoms with E-state index in [1.165, 1.54) is 0 Å². The third-order valence-corrected chi connectivity index (χ3v) is 1.55. The number of carbonyl (C=O) groups is 1. The molecule has 0 radical (unpaired) electrons. The van der Waals surface area contributed by atoms with Gasteiger partial charge in [-0.15, -0.1) is 0 Å². The Bertz CT molecular complexity index is 164. The Morgan fingerprint density at radius 3 is 2.78 bits per heavy atom. The SMILES string of the molecule is CC1(C(N)=O)C=CCN1. The number of primary amides is 1. The summed E-state index contributed by atoms with van der Waals surface area (Å²) in [6.45, 7) is 2.50. The Labute approximate surface area is 53.9 Å². The van der Waals surface area contributed by atoms with Crippen LogP contribution < -0.4 is 11.1 Å². The van der Waals surface area contributed by atoms with Crippen molar-refractivity contribution in [1.82, 2.24) is 5.32 Å². The fourth-order valence-corrected chi connectivity index (χ4v) is 0.794. The molecule has 0 aromatic heterocycles. The van der Waals surface area contributed by atoms with Crippen LogP contribution in [0.4, 0.5) is 0 Å². The Hall–Kier alpha value is -0.830. The van der Waals surface area contributed by atoms with Crippen molar-refractivity contribution in [3.8, 4) is 0 Å². The summed E-state index contributed by atoms with van der Waals surface area (Å²) in [6, 6.07) is 0. The number of carbonyl (C=O) groups excluding carboxylic acids is 1. The Kier molecular flexibility index (Phi) is 1.29. The average Bonchev–Trinajstić information content (AvgIpc) is 2.16. The predicted octanol–water partition coefficient (Wildman–Crippen LogP) is -0.610. The van der Waals surface area contributed by atoms with E-state index in [9.17, 15) is 4.79 Å². The first-order chi connectivity index (χ1) is 4.15. The first kappa shape index (κ1) is 6.29. The maximum Gasteiger partial charge on any atom is 0.241 e. The molecule has 0 aromatic rings. The lowest BCUT2D eigenvalue weighted by Crippen LogP contribution is -2.48. The van der Waals surface area contributed by atoms with Crippen LogP contribution in [0.2, 0.25) is 0 Å². The van der Waals surface area contributed by atoms with E-state index in [1.54, 1.807) is 13.0 Å². The van der Waals surface area contributed by atoms with Crippen molar-refractivity contribution in [2.24, 2.45) is 5.73 Å². The zero-order valence-corrected chi connectivity index (χ0v) is 5.35. The number of nitrogens with one attached hydrogen (secondary N) is 1. The average molecular weight is 126 g/mol. The molecule has 3 heteroatoms. The molecule has 50 valence electrons. The lowest BCUT2D eigenvalue weighted by atomic mass is 10.0. The van der Waals surface area contributed by atoms with Crippen molar-refractivity contribution < 1.29 is 4.79 Å². The van der Waals surface area contributed by atoms with Gasteiger partial charge in [0.15, 0.2) is 0 Å². The molecule has 1 rings (SSSR count). The second kappa shape index (κ2) is 1.84. The topological polar surface area (TPSA) is 55.1 Å². The fourth-order valence-electron chi connectivity index (χ4n) is 0.794.